The molecule has 0 saturated heterocycles. The van der Waals surface area contributed by atoms with Crippen molar-refractivity contribution in [3.05, 3.63) is 21.9 Å². The van der Waals surface area contributed by atoms with Crippen molar-refractivity contribution in [3.8, 4) is 0 Å². The van der Waals surface area contributed by atoms with E-state index in [9.17, 15) is 8.42 Å². The fourth-order valence-electron chi connectivity index (χ4n) is 1.18. The lowest BCUT2D eigenvalue weighted by molar-refractivity contribution is 0.571. The largest absolute Gasteiger partial charge is 0.323 e. The molecule has 2 atom stereocenters. The fraction of sp³-hybridized carbons (Fsp3) is 0.556. The molecule has 5 heteroatoms. The zero-order valence-electron chi connectivity index (χ0n) is 8.52. The third-order valence-electron chi connectivity index (χ3n) is 2.32. The predicted octanol–water partition coefficient (Wildman–Crippen LogP) is 1.49. The highest BCUT2D eigenvalue weighted by Crippen LogP contribution is 2.23. The van der Waals surface area contributed by atoms with Gasteiger partial charge in [0.25, 0.3) is 0 Å². The summed E-state index contributed by atoms with van der Waals surface area (Å²) in [7, 11) is -3.06. The van der Waals surface area contributed by atoms with E-state index in [1.807, 2.05) is 18.4 Å². The van der Waals surface area contributed by atoms with Gasteiger partial charge in [-0.1, -0.05) is 0 Å². The molecule has 80 valence electrons. The maximum Gasteiger partial charge on any atom is 0.151 e. The molecule has 2 unspecified atom stereocenters. The van der Waals surface area contributed by atoms with Gasteiger partial charge < -0.3 is 5.73 Å². The third-order valence-corrected chi connectivity index (χ3v) is 4.84. The molecule has 0 aliphatic carbocycles. The molecule has 0 aliphatic rings. The third kappa shape index (κ3) is 2.56. The van der Waals surface area contributed by atoms with Crippen molar-refractivity contribution in [1.29, 1.82) is 0 Å². The van der Waals surface area contributed by atoms with Crippen LogP contribution in [0, 0.1) is 6.92 Å². The second-order valence-corrected chi connectivity index (χ2v) is 7.07. The Kier molecular flexibility index (Phi) is 3.34. The first-order valence-corrected chi connectivity index (χ1v) is 7.15. The Morgan fingerprint density at radius 2 is 2.07 bits per heavy atom. The normalized spacial score (nSPS) is 16.6. The number of nitrogens with two attached hydrogens (primary N) is 1. The second-order valence-electron chi connectivity index (χ2n) is 3.55. The average molecular weight is 233 g/mol. The first-order chi connectivity index (χ1) is 6.32. The summed E-state index contributed by atoms with van der Waals surface area (Å²) < 4.78 is 22.6. The molecule has 1 aromatic heterocycles. The van der Waals surface area contributed by atoms with Gasteiger partial charge in [-0.25, -0.2) is 8.42 Å². The van der Waals surface area contributed by atoms with Gasteiger partial charge in [-0.05, 0) is 30.9 Å². The van der Waals surface area contributed by atoms with Crippen molar-refractivity contribution in [2.45, 2.75) is 25.1 Å². The van der Waals surface area contributed by atoms with E-state index in [2.05, 4.69) is 0 Å². The van der Waals surface area contributed by atoms with Gasteiger partial charge in [0.1, 0.15) is 0 Å². The minimum Gasteiger partial charge on any atom is -0.323 e. The smallest absolute Gasteiger partial charge is 0.151 e. The number of hydrogen-bond donors (Lipinski definition) is 1. The summed E-state index contributed by atoms with van der Waals surface area (Å²) in [5.74, 6) is 0. The topological polar surface area (TPSA) is 60.2 Å². The minimum absolute atomic E-state index is 0.421. The molecule has 1 aromatic rings. The van der Waals surface area contributed by atoms with Gasteiger partial charge in [0.2, 0.25) is 0 Å². The second kappa shape index (κ2) is 4.00. The van der Waals surface area contributed by atoms with Crippen molar-refractivity contribution < 1.29 is 8.42 Å². The van der Waals surface area contributed by atoms with Crippen LogP contribution in [-0.4, -0.2) is 19.9 Å². The molecule has 0 spiro atoms. The lowest BCUT2D eigenvalue weighted by Gasteiger charge is -2.16. The highest BCUT2D eigenvalue weighted by Gasteiger charge is 2.24. The van der Waals surface area contributed by atoms with Crippen LogP contribution in [0.3, 0.4) is 0 Å². The van der Waals surface area contributed by atoms with Crippen LogP contribution in [0.5, 0.6) is 0 Å². The quantitative estimate of drug-likeness (QED) is 0.860. The molecule has 0 aliphatic heterocycles. The fourth-order valence-corrected chi connectivity index (χ4v) is 2.62. The maximum atomic E-state index is 11.3. The number of rotatable bonds is 3. The van der Waals surface area contributed by atoms with Crippen molar-refractivity contribution in [2.75, 3.05) is 6.26 Å². The van der Waals surface area contributed by atoms with E-state index >= 15 is 0 Å². The van der Waals surface area contributed by atoms with Crippen LogP contribution < -0.4 is 5.73 Å². The zero-order chi connectivity index (χ0) is 10.9. The first-order valence-electron chi connectivity index (χ1n) is 4.32. The van der Waals surface area contributed by atoms with E-state index in [1.165, 1.54) is 6.26 Å². The lowest BCUT2D eigenvalue weighted by atomic mass is 10.1. The molecule has 0 aromatic carbocycles. The first kappa shape index (κ1) is 11.7. The van der Waals surface area contributed by atoms with Crippen LogP contribution in [0.25, 0.3) is 0 Å². The summed E-state index contributed by atoms with van der Waals surface area (Å²) in [6.07, 6.45) is 1.22. The molecule has 1 heterocycles. The van der Waals surface area contributed by atoms with Crippen LogP contribution in [0.15, 0.2) is 11.4 Å². The van der Waals surface area contributed by atoms with Gasteiger partial charge in [0.05, 0.1) is 5.25 Å². The Bertz CT molecular complexity index is 408. The number of aryl methyl sites for hydroxylation is 1. The van der Waals surface area contributed by atoms with E-state index < -0.39 is 21.1 Å². The molecule has 0 saturated carbocycles. The molecular weight excluding hydrogens is 218 g/mol. The molecular formula is C9H15NO2S2. The maximum absolute atomic E-state index is 11.3. The average Bonchev–Trinajstić information content (AvgIpc) is 2.47. The summed E-state index contributed by atoms with van der Waals surface area (Å²) >= 11 is 1.59. The van der Waals surface area contributed by atoms with Crippen LogP contribution in [0.2, 0.25) is 0 Å². The van der Waals surface area contributed by atoms with E-state index in [4.69, 9.17) is 5.73 Å². The van der Waals surface area contributed by atoms with Gasteiger partial charge in [-0.2, -0.15) is 0 Å². The SMILES string of the molecule is Cc1cc(C(N)C(C)S(C)(=O)=O)cs1. The van der Waals surface area contributed by atoms with Gasteiger partial charge >= 0.3 is 0 Å². The summed E-state index contributed by atoms with van der Waals surface area (Å²) in [5.41, 5.74) is 6.77. The van der Waals surface area contributed by atoms with E-state index in [-0.39, 0.29) is 0 Å². The van der Waals surface area contributed by atoms with Gasteiger partial charge in [-0.3, -0.25) is 0 Å². The highest BCUT2D eigenvalue weighted by molar-refractivity contribution is 7.91. The molecule has 14 heavy (non-hydrogen) atoms. The molecule has 2 N–H and O–H groups in total. The molecule has 0 bridgehead atoms. The van der Waals surface area contributed by atoms with Gasteiger partial charge in [0, 0.05) is 17.2 Å². The standard InChI is InChI=1S/C9H15NO2S2/c1-6-4-8(5-13-6)9(10)7(2)14(3,11)12/h4-5,7,9H,10H2,1-3H3. The summed E-state index contributed by atoms with van der Waals surface area (Å²) in [6.45, 7) is 3.62. The van der Waals surface area contributed by atoms with Crippen LogP contribution in [-0.2, 0) is 9.84 Å². The van der Waals surface area contributed by atoms with Crippen molar-refractivity contribution in [1.82, 2.24) is 0 Å². The number of hydrogen-bond acceptors (Lipinski definition) is 4. The molecule has 1 rings (SSSR count). The molecule has 3 nitrogen and oxygen atoms in total. The Morgan fingerprint density at radius 3 is 2.43 bits per heavy atom. The monoisotopic (exact) mass is 233 g/mol. The summed E-state index contributed by atoms with van der Waals surface area (Å²) in [5, 5.41) is 1.39. The van der Waals surface area contributed by atoms with Gasteiger partial charge in [0.15, 0.2) is 9.84 Å². The Labute approximate surface area is 88.9 Å². The van der Waals surface area contributed by atoms with Crippen molar-refractivity contribution in [3.63, 3.8) is 0 Å². The van der Waals surface area contributed by atoms with Crippen LogP contribution >= 0.6 is 11.3 Å². The predicted molar refractivity (Wildman–Crippen MR) is 60.3 cm³/mol. The van der Waals surface area contributed by atoms with Crippen molar-refractivity contribution in [2.24, 2.45) is 5.73 Å². The zero-order valence-corrected chi connectivity index (χ0v) is 10.2. The number of thiophene rings is 1. The van der Waals surface area contributed by atoms with Crippen molar-refractivity contribution >= 4 is 21.2 Å². The highest BCUT2D eigenvalue weighted by atomic mass is 32.2. The van der Waals surface area contributed by atoms with E-state index in [1.54, 1.807) is 18.3 Å². The van der Waals surface area contributed by atoms with E-state index in [0.717, 1.165) is 10.4 Å². The lowest BCUT2D eigenvalue weighted by Crippen LogP contribution is -2.30. The Morgan fingerprint density at radius 1 is 1.50 bits per heavy atom. The van der Waals surface area contributed by atoms with Gasteiger partial charge in [-0.15, -0.1) is 11.3 Å². The molecule has 0 amide bonds. The summed E-state index contributed by atoms with van der Waals surface area (Å²) in [4.78, 5) is 1.15. The van der Waals surface area contributed by atoms with Crippen LogP contribution in [0.4, 0.5) is 0 Å². The summed E-state index contributed by atoms with van der Waals surface area (Å²) in [6, 6.07) is 1.52. The number of sulfone groups is 1. The molecule has 0 radical (unpaired) electrons. The Hall–Kier alpha value is -0.390. The molecule has 0 fully saturated rings. The van der Waals surface area contributed by atoms with Crippen LogP contribution in [0.1, 0.15) is 23.4 Å². The minimum atomic E-state index is -3.06. The Balaban J connectivity index is 2.91. The van der Waals surface area contributed by atoms with E-state index in [0.29, 0.717) is 0 Å².